The minimum absolute atomic E-state index is 0.425. The highest BCUT2D eigenvalue weighted by Crippen LogP contribution is 2.19. The molecule has 0 unspecified atom stereocenters. The van der Waals surface area contributed by atoms with Crippen LogP contribution in [0.5, 0.6) is 0 Å². The number of hydrogen-bond donors (Lipinski definition) is 1. The summed E-state index contributed by atoms with van der Waals surface area (Å²) in [6, 6.07) is 9.86. The first-order valence-electron chi connectivity index (χ1n) is 8.13. The molecule has 1 aliphatic rings. The summed E-state index contributed by atoms with van der Waals surface area (Å²) in [5.41, 5.74) is 0.944. The highest BCUT2D eigenvalue weighted by Gasteiger charge is 2.12. The molecule has 2 aromatic rings. The number of nitrogens with zero attached hydrogens (tertiary/aromatic N) is 4. The van der Waals surface area contributed by atoms with Crippen molar-refractivity contribution in [2.24, 2.45) is 0 Å². The van der Waals surface area contributed by atoms with Gasteiger partial charge >= 0.3 is 0 Å². The Labute approximate surface area is 130 Å². The minimum atomic E-state index is 0.425. The van der Waals surface area contributed by atoms with Crippen LogP contribution in [0, 0.1) is 0 Å². The summed E-state index contributed by atoms with van der Waals surface area (Å²) in [5.74, 6) is 0.649. The molecular weight excluding hydrogens is 278 g/mol. The van der Waals surface area contributed by atoms with Crippen LogP contribution in [0.2, 0.25) is 0 Å². The predicted octanol–water partition coefficient (Wildman–Crippen LogP) is 2.81. The minimum Gasteiger partial charge on any atom is -0.376 e. The summed E-state index contributed by atoms with van der Waals surface area (Å²) in [6.45, 7) is 1.40. The fourth-order valence-electron chi connectivity index (χ4n) is 2.84. The topological polar surface area (TPSA) is 64.9 Å². The van der Waals surface area contributed by atoms with E-state index in [1.807, 2.05) is 30.3 Å². The molecule has 0 spiro atoms. The molecule has 1 aromatic heterocycles. The van der Waals surface area contributed by atoms with Gasteiger partial charge in [0.05, 0.1) is 18.4 Å². The van der Waals surface area contributed by atoms with Crippen molar-refractivity contribution >= 4 is 5.95 Å². The molecule has 1 aromatic carbocycles. The molecule has 118 valence electrons. The predicted molar refractivity (Wildman–Crippen MR) is 85.1 cm³/mol. The Hall–Kier alpha value is -1.95. The number of ether oxygens (including phenoxy) is 1. The molecule has 6 nitrogen and oxygen atoms in total. The Morgan fingerprint density at radius 3 is 2.64 bits per heavy atom. The molecule has 1 fully saturated rings. The highest BCUT2D eigenvalue weighted by molar-refractivity contribution is 5.38. The van der Waals surface area contributed by atoms with Crippen molar-refractivity contribution < 1.29 is 4.74 Å². The van der Waals surface area contributed by atoms with Crippen molar-refractivity contribution in [3.05, 3.63) is 30.3 Å². The largest absolute Gasteiger partial charge is 0.376 e. The van der Waals surface area contributed by atoms with Crippen LogP contribution in [0.3, 0.4) is 0 Å². The van der Waals surface area contributed by atoms with Crippen molar-refractivity contribution in [2.75, 3.05) is 18.5 Å². The first-order valence-corrected chi connectivity index (χ1v) is 8.13. The van der Waals surface area contributed by atoms with Gasteiger partial charge in [0.25, 0.3) is 0 Å². The van der Waals surface area contributed by atoms with Gasteiger partial charge in [0.2, 0.25) is 5.95 Å². The first-order chi connectivity index (χ1) is 10.9. The van der Waals surface area contributed by atoms with Crippen LogP contribution in [0.1, 0.15) is 38.5 Å². The number of anilines is 1. The average molecular weight is 301 g/mol. The van der Waals surface area contributed by atoms with E-state index in [0.29, 0.717) is 25.2 Å². The van der Waals surface area contributed by atoms with Crippen molar-refractivity contribution in [1.82, 2.24) is 20.2 Å². The lowest BCUT2D eigenvalue weighted by molar-refractivity contribution is 0.0500. The number of para-hydroxylation sites is 1. The number of nitrogens with one attached hydrogen (secondary N) is 1. The van der Waals surface area contributed by atoms with Crippen LogP contribution >= 0.6 is 0 Å². The van der Waals surface area contributed by atoms with E-state index < -0.39 is 0 Å². The monoisotopic (exact) mass is 301 g/mol. The van der Waals surface area contributed by atoms with Crippen LogP contribution < -0.4 is 5.32 Å². The van der Waals surface area contributed by atoms with Crippen LogP contribution in [0.15, 0.2) is 30.3 Å². The fourth-order valence-corrected chi connectivity index (χ4v) is 2.84. The fraction of sp³-hybridized carbons (Fsp3) is 0.562. The molecule has 6 heteroatoms. The molecule has 0 amide bonds. The van der Waals surface area contributed by atoms with E-state index in [9.17, 15) is 0 Å². The summed E-state index contributed by atoms with van der Waals surface area (Å²) in [5, 5.41) is 15.0. The molecule has 1 saturated carbocycles. The molecule has 1 aliphatic carbocycles. The second-order valence-electron chi connectivity index (χ2n) is 5.66. The number of tetrazole rings is 1. The standard InChI is InChI=1S/C16H23N5O/c1-2-7-11-15(10-6-1)22-13-12-17-16-18-19-20-21(16)14-8-4-3-5-9-14/h3-5,8-9,15H,1-2,6-7,10-13H2,(H,17,18,20). The smallest absolute Gasteiger partial charge is 0.247 e. The quantitative estimate of drug-likeness (QED) is 0.656. The van der Waals surface area contributed by atoms with Crippen molar-refractivity contribution in [3.8, 4) is 5.69 Å². The van der Waals surface area contributed by atoms with E-state index in [4.69, 9.17) is 4.74 Å². The molecule has 0 aliphatic heterocycles. The van der Waals surface area contributed by atoms with E-state index >= 15 is 0 Å². The van der Waals surface area contributed by atoms with Gasteiger partial charge in [-0.05, 0) is 35.4 Å². The second kappa shape index (κ2) is 7.89. The Morgan fingerprint density at radius 1 is 1.09 bits per heavy atom. The molecule has 1 N–H and O–H groups in total. The van der Waals surface area contributed by atoms with E-state index in [2.05, 4.69) is 20.8 Å². The first kappa shape index (κ1) is 15.0. The third-order valence-corrected chi connectivity index (χ3v) is 4.01. The van der Waals surface area contributed by atoms with E-state index in [-0.39, 0.29) is 0 Å². The van der Waals surface area contributed by atoms with Gasteiger partial charge in [-0.2, -0.15) is 4.68 Å². The maximum Gasteiger partial charge on any atom is 0.247 e. The third-order valence-electron chi connectivity index (χ3n) is 4.01. The third kappa shape index (κ3) is 4.04. The van der Waals surface area contributed by atoms with Crippen molar-refractivity contribution in [3.63, 3.8) is 0 Å². The summed E-state index contributed by atoms with van der Waals surface area (Å²) in [7, 11) is 0. The lowest BCUT2D eigenvalue weighted by Gasteiger charge is -2.15. The van der Waals surface area contributed by atoms with Gasteiger partial charge in [-0.15, -0.1) is 0 Å². The zero-order valence-corrected chi connectivity index (χ0v) is 12.8. The number of aromatic nitrogens is 4. The van der Waals surface area contributed by atoms with Crippen LogP contribution in [-0.2, 0) is 4.74 Å². The summed E-state index contributed by atoms with van der Waals surface area (Å²) in [6.07, 6.45) is 8.11. The van der Waals surface area contributed by atoms with Gasteiger partial charge in [0.1, 0.15) is 0 Å². The van der Waals surface area contributed by atoms with Gasteiger partial charge in [-0.25, -0.2) is 0 Å². The highest BCUT2D eigenvalue weighted by atomic mass is 16.5. The lowest BCUT2D eigenvalue weighted by atomic mass is 10.1. The molecule has 0 atom stereocenters. The van der Waals surface area contributed by atoms with Crippen LogP contribution in [0.4, 0.5) is 5.95 Å². The van der Waals surface area contributed by atoms with Gasteiger partial charge in [-0.3, -0.25) is 0 Å². The molecule has 1 heterocycles. The number of benzene rings is 1. The summed E-state index contributed by atoms with van der Waals surface area (Å²) in [4.78, 5) is 0. The maximum atomic E-state index is 5.97. The summed E-state index contributed by atoms with van der Waals surface area (Å²) < 4.78 is 7.67. The van der Waals surface area contributed by atoms with Crippen molar-refractivity contribution in [1.29, 1.82) is 0 Å². The maximum absolute atomic E-state index is 5.97. The Bertz CT molecular complexity index is 549. The van der Waals surface area contributed by atoms with E-state index in [1.165, 1.54) is 38.5 Å². The van der Waals surface area contributed by atoms with Crippen LogP contribution in [-0.4, -0.2) is 39.5 Å². The molecule has 3 rings (SSSR count). The zero-order valence-electron chi connectivity index (χ0n) is 12.8. The molecular formula is C16H23N5O. The van der Waals surface area contributed by atoms with Crippen LogP contribution in [0.25, 0.3) is 5.69 Å². The van der Waals surface area contributed by atoms with Gasteiger partial charge in [0, 0.05) is 6.54 Å². The molecule has 0 radical (unpaired) electrons. The van der Waals surface area contributed by atoms with Gasteiger partial charge in [0.15, 0.2) is 0 Å². The summed E-state index contributed by atoms with van der Waals surface area (Å²) >= 11 is 0. The SMILES string of the molecule is c1ccc(-n2nnnc2NCCOC2CCCCCC2)cc1. The van der Waals surface area contributed by atoms with Crippen molar-refractivity contribution in [2.45, 2.75) is 44.6 Å². The number of hydrogen-bond acceptors (Lipinski definition) is 5. The molecule has 0 bridgehead atoms. The van der Waals surface area contributed by atoms with E-state index in [0.717, 1.165) is 5.69 Å². The Morgan fingerprint density at radius 2 is 1.86 bits per heavy atom. The second-order valence-corrected chi connectivity index (χ2v) is 5.66. The average Bonchev–Trinajstić information content (AvgIpc) is 2.87. The molecule has 0 saturated heterocycles. The lowest BCUT2D eigenvalue weighted by Crippen LogP contribution is -2.19. The Balaban J connectivity index is 1.47. The molecule has 22 heavy (non-hydrogen) atoms. The van der Waals surface area contributed by atoms with Gasteiger partial charge in [-0.1, -0.05) is 49.0 Å². The zero-order chi connectivity index (χ0) is 15.0. The Kier molecular flexibility index (Phi) is 5.37. The number of rotatable bonds is 6. The normalized spacial score (nSPS) is 16.4. The van der Waals surface area contributed by atoms with Gasteiger partial charge < -0.3 is 10.1 Å². The van der Waals surface area contributed by atoms with E-state index in [1.54, 1.807) is 4.68 Å².